The molecule has 2 aromatic carbocycles. The van der Waals surface area contributed by atoms with E-state index in [2.05, 4.69) is 5.32 Å². The first-order chi connectivity index (χ1) is 16.6. The van der Waals surface area contributed by atoms with Crippen LogP contribution in [-0.4, -0.2) is 45.6 Å². The number of phenols is 1. The largest absolute Gasteiger partial charge is 0.504 e. The van der Waals surface area contributed by atoms with Crippen LogP contribution in [0.4, 0.5) is 11.4 Å². The third-order valence-electron chi connectivity index (χ3n) is 7.20. The number of hydrogen-bond acceptors (Lipinski definition) is 8. The quantitative estimate of drug-likeness (QED) is 0.306. The summed E-state index contributed by atoms with van der Waals surface area (Å²) in [6.07, 6.45) is 0.409. The van der Waals surface area contributed by atoms with Crippen molar-refractivity contribution in [1.82, 2.24) is 5.32 Å². The Morgan fingerprint density at radius 3 is 2.57 bits per heavy atom. The van der Waals surface area contributed by atoms with Crippen molar-refractivity contribution >= 4 is 29.2 Å². The van der Waals surface area contributed by atoms with Crippen molar-refractivity contribution in [3.63, 3.8) is 0 Å². The lowest BCUT2D eigenvalue weighted by molar-refractivity contribution is -0.384. The molecule has 35 heavy (non-hydrogen) atoms. The maximum absolute atomic E-state index is 13.7. The lowest BCUT2D eigenvalue weighted by Gasteiger charge is -2.36. The molecule has 11 nitrogen and oxygen atoms in total. The summed E-state index contributed by atoms with van der Waals surface area (Å²) in [6, 6.07) is 8.64. The predicted octanol–water partition coefficient (Wildman–Crippen LogP) is 2.63. The molecular weight excluding hydrogens is 458 g/mol. The minimum atomic E-state index is -1.77. The summed E-state index contributed by atoms with van der Waals surface area (Å²) in [4.78, 5) is 51.7. The topological polar surface area (TPSA) is 159 Å². The Bertz CT molecular complexity index is 1230. The van der Waals surface area contributed by atoms with E-state index in [0.29, 0.717) is 12.0 Å². The fraction of sp³-hybridized carbons (Fsp3) is 0.375. The molecule has 2 heterocycles. The predicted molar refractivity (Wildman–Crippen MR) is 123 cm³/mol. The van der Waals surface area contributed by atoms with Gasteiger partial charge in [-0.3, -0.25) is 29.8 Å². The van der Waals surface area contributed by atoms with E-state index in [1.165, 1.54) is 43.5 Å². The maximum atomic E-state index is 13.7. The standard InChI is InChI=1S/C24H25N3O8/c1-4-12(2)24(23(31)32)19-18(20(25-24)13-8-9-16(28)17(10-13)35-3)21(29)26(22(19)30)14-6-5-7-15(11-14)27(33)34/h5-12,18-20,25,28H,4H2,1-3H3,(H,31,32). The number of nitro groups is 1. The molecule has 11 heteroatoms. The van der Waals surface area contributed by atoms with Crippen molar-refractivity contribution in [2.75, 3.05) is 12.0 Å². The highest BCUT2D eigenvalue weighted by atomic mass is 16.6. The molecule has 0 aliphatic carbocycles. The molecule has 2 aliphatic rings. The number of amides is 2. The highest BCUT2D eigenvalue weighted by Gasteiger charge is 2.70. The molecule has 0 spiro atoms. The number of anilines is 1. The van der Waals surface area contributed by atoms with Gasteiger partial charge in [0.1, 0.15) is 5.54 Å². The van der Waals surface area contributed by atoms with Crippen LogP contribution in [-0.2, 0) is 14.4 Å². The molecule has 2 saturated heterocycles. The van der Waals surface area contributed by atoms with Crippen molar-refractivity contribution in [2.24, 2.45) is 17.8 Å². The van der Waals surface area contributed by atoms with Gasteiger partial charge in [0.15, 0.2) is 11.5 Å². The normalized spacial score (nSPS) is 26.5. The Kier molecular flexibility index (Phi) is 5.97. The number of ether oxygens (including phenoxy) is 1. The second-order valence-electron chi connectivity index (χ2n) is 8.83. The van der Waals surface area contributed by atoms with E-state index in [0.717, 1.165) is 11.0 Å². The first-order valence-corrected chi connectivity index (χ1v) is 11.1. The third kappa shape index (κ3) is 3.50. The van der Waals surface area contributed by atoms with Crippen LogP contribution in [0.3, 0.4) is 0 Å². The van der Waals surface area contributed by atoms with Crippen LogP contribution >= 0.6 is 0 Å². The molecule has 2 amide bonds. The molecule has 5 unspecified atom stereocenters. The van der Waals surface area contributed by atoms with Gasteiger partial charge in [-0.2, -0.15) is 0 Å². The summed E-state index contributed by atoms with van der Waals surface area (Å²) in [5.74, 6) is -5.56. The Morgan fingerprint density at radius 2 is 1.97 bits per heavy atom. The highest BCUT2D eigenvalue weighted by molar-refractivity contribution is 6.24. The molecule has 5 atom stereocenters. The lowest BCUT2D eigenvalue weighted by Crippen LogP contribution is -2.59. The Labute approximate surface area is 200 Å². The number of hydrogen-bond donors (Lipinski definition) is 3. The molecule has 0 bridgehead atoms. The first kappa shape index (κ1) is 24.1. The molecule has 3 N–H and O–H groups in total. The van der Waals surface area contributed by atoms with E-state index in [-0.39, 0.29) is 22.9 Å². The lowest BCUT2D eigenvalue weighted by atomic mass is 9.72. The minimum absolute atomic E-state index is 0.00840. The zero-order chi connectivity index (χ0) is 25.7. The first-order valence-electron chi connectivity index (χ1n) is 11.1. The number of nitrogens with one attached hydrogen (secondary N) is 1. The van der Waals surface area contributed by atoms with Gasteiger partial charge in [0, 0.05) is 18.2 Å². The van der Waals surface area contributed by atoms with Gasteiger partial charge in [-0.1, -0.05) is 32.4 Å². The number of rotatable bonds is 7. The number of benzene rings is 2. The SMILES string of the molecule is CCC(C)C1(C(=O)O)NC(c2ccc(O)c(OC)c2)C2C(=O)N(c3cccc([N+](=O)[O-])c3)C(=O)C21. The number of nitrogens with zero attached hydrogens (tertiary/aromatic N) is 2. The van der Waals surface area contributed by atoms with Crippen molar-refractivity contribution in [3.05, 3.63) is 58.1 Å². The smallest absolute Gasteiger partial charge is 0.325 e. The molecule has 2 fully saturated rings. The summed E-state index contributed by atoms with van der Waals surface area (Å²) >= 11 is 0. The number of imide groups is 1. The second kappa shape index (κ2) is 8.66. The maximum Gasteiger partial charge on any atom is 0.325 e. The van der Waals surface area contributed by atoms with Gasteiger partial charge >= 0.3 is 5.97 Å². The van der Waals surface area contributed by atoms with Crippen LogP contribution in [0.5, 0.6) is 11.5 Å². The molecule has 184 valence electrons. The van der Waals surface area contributed by atoms with Gasteiger partial charge in [-0.25, -0.2) is 4.90 Å². The molecule has 4 rings (SSSR count). The number of phenolic OH excluding ortho intramolecular Hbond substituents is 1. The number of carboxylic acids is 1. The number of carbonyl (C=O) groups excluding carboxylic acids is 2. The van der Waals surface area contributed by atoms with Crippen LogP contribution < -0.4 is 15.0 Å². The number of aromatic hydroxyl groups is 1. The fourth-order valence-electron chi connectivity index (χ4n) is 5.30. The molecule has 0 saturated carbocycles. The fourth-order valence-corrected chi connectivity index (χ4v) is 5.30. The Balaban J connectivity index is 1.90. The summed E-state index contributed by atoms with van der Waals surface area (Å²) in [5.41, 5.74) is -1.60. The molecule has 2 aromatic rings. The van der Waals surface area contributed by atoms with Crippen LogP contribution in [0.25, 0.3) is 0 Å². The summed E-state index contributed by atoms with van der Waals surface area (Å²) in [5, 5.41) is 34.8. The molecule has 0 aromatic heterocycles. The summed E-state index contributed by atoms with van der Waals surface area (Å²) in [6.45, 7) is 3.49. The van der Waals surface area contributed by atoms with Gasteiger partial charge in [0.05, 0.1) is 29.6 Å². The van der Waals surface area contributed by atoms with E-state index in [9.17, 15) is 34.7 Å². The average Bonchev–Trinajstić information content (AvgIpc) is 3.33. The average molecular weight is 483 g/mol. The van der Waals surface area contributed by atoms with Gasteiger partial charge in [-0.05, 0) is 29.7 Å². The van der Waals surface area contributed by atoms with Crippen LogP contribution in [0.1, 0.15) is 31.9 Å². The highest BCUT2D eigenvalue weighted by Crippen LogP contribution is 2.53. The van der Waals surface area contributed by atoms with E-state index in [1.807, 2.05) is 0 Å². The number of carboxylic acid groups (broad SMARTS) is 1. The summed E-state index contributed by atoms with van der Waals surface area (Å²) < 4.78 is 5.18. The van der Waals surface area contributed by atoms with Gasteiger partial charge < -0.3 is 14.9 Å². The number of fused-ring (bicyclic) bond motifs is 1. The van der Waals surface area contributed by atoms with Crippen molar-refractivity contribution < 1.29 is 34.3 Å². The number of aliphatic carboxylic acids is 1. The van der Waals surface area contributed by atoms with E-state index in [1.54, 1.807) is 13.8 Å². The summed E-state index contributed by atoms with van der Waals surface area (Å²) in [7, 11) is 1.36. The van der Waals surface area contributed by atoms with Crippen LogP contribution in [0.2, 0.25) is 0 Å². The van der Waals surface area contributed by atoms with E-state index < -0.39 is 52.0 Å². The third-order valence-corrected chi connectivity index (χ3v) is 7.20. The van der Waals surface area contributed by atoms with Gasteiger partial charge in [0.25, 0.3) is 5.69 Å². The molecular formula is C24H25N3O8. The van der Waals surface area contributed by atoms with Crippen molar-refractivity contribution in [1.29, 1.82) is 0 Å². The van der Waals surface area contributed by atoms with Gasteiger partial charge in [0.2, 0.25) is 11.8 Å². The second-order valence-corrected chi connectivity index (χ2v) is 8.83. The number of methoxy groups -OCH3 is 1. The molecule has 0 radical (unpaired) electrons. The monoisotopic (exact) mass is 483 g/mol. The Hall–Kier alpha value is -3.99. The zero-order valence-corrected chi connectivity index (χ0v) is 19.3. The van der Waals surface area contributed by atoms with Gasteiger partial charge in [-0.15, -0.1) is 0 Å². The Morgan fingerprint density at radius 1 is 1.26 bits per heavy atom. The van der Waals surface area contributed by atoms with Crippen LogP contribution in [0.15, 0.2) is 42.5 Å². The van der Waals surface area contributed by atoms with E-state index in [4.69, 9.17) is 4.74 Å². The van der Waals surface area contributed by atoms with Crippen molar-refractivity contribution in [3.8, 4) is 11.5 Å². The number of nitro benzene ring substituents is 1. The van der Waals surface area contributed by atoms with Crippen LogP contribution in [0, 0.1) is 27.9 Å². The van der Waals surface area contributed by atoms with E-state index >= 15 is 0 Å². The molecule has 2 aliphatic heterocycles. The number of carbonyl (C=O) groups is 3. The van der Waals surface area contributed by atoms with Crippen molar-refractivity contribution in [2.45, 2.75) is 31.8 Å². The minimum Gasteiger partial charge on any atom is -0.504 e. The zero-order valence-electron chi connectivity index (χ0n) is 19.3. The number of non-ortho nitro benzene ring substituents is 1.